The Labute approximate surface area is 77.3 Å². The molecule has 3 nitrogen and oxygen atoms in total. The second-order valence-corrected chi connectivity index (χ2v) is 3.25. The van der Waals surface area contributed by atoms with Crippen LogP contribution in [0.1, 0.15) is 28.5 Å². The minimum absolute atomic E-state index is 0.0596. The molecule has 0 aliphatic carbocycles. The summed E-state index contributed by atoms with van der Waals surface area (Å²) in [5.41, 5.74) is 2.84. The number of hydrogen-bond donors (Lipinski definition) is 3. The third-order valence-corrected chi connectivity index (χ3v) is 2.45. The molecule has 0 unspecified atom stereocenters. The maximum atomic E-state index is 9.45. The van der Waals surface area contributed by atoms with Gasteiger partial charge in [-0.25, -0.2) is 0 Å². The summed E-state index contributed by atoms with van der Waals surface area (Å²) in [6.45, 7) is 5.52. The highest BCUT2D eigenvalue weighted by Crippen LogP contribution is 2.30. The van der Waals surface area contributed by atoms with Crippen LogP contribution in [0.2, 0.25) is 0 Å². The van der Waals surface area contributed by atoms with Crippen LogP contribution in [-0.4, -0.2) is 15.3 Å². The molecule has 0 saturated heterocycles. The van der Waals surface area contributed by atoms with Crippen molar-refractivity contribution in [3.8, 4) is 5.75 Å². The highest BCUT2D eigenvalue weighted by atomic mass is 16.5. The van der Waals surface area contributed by atoms with Crippen LogP contribution in [0.5, 0.6) is 5.75 Å². The lowest BCUT2D eigenvalue weighted by Crippen LogP contribution is -2.01. The van der Waals surface area contributed by atoms with E-state index in [2.05, 4.69) is 0 Å². The van der Waals surface area contributed by atoms with E-state index in [4.69, 9.17) is 10.2 Å². The second-order valence-electron chi connectivity index (χ2n) is 3.25. The summed E-state index contributed by atoms with van der Waals surface area (Å²) in [6.07, 6.45) is -1.61. The average molecular weight is 182 g/mol. The molecule has 72 valence electrons. The van der Waals surface area contributed by atoms with Crippen LogP contribution >= 0.6 is 0 Å². The molecule has 0 heterocycles. The standard InChI is InChI=1S/C10H14O3/c1-5-4-8(11)9(10(12)13)7(3)6(5)2/h4,10-13H,1-3H3. The molecule has 1 aromatic carbocycles. The number of phenolic OH excluding ortho intramolecular Hbond substituents is 1. The number of aryl methyl sites for hydroxylation is 1. The van der Waals surface area contributed by atoms with Crippen molar-refractivity contribution in [3.05, 3.63) is 28.3 Å². The predicted molar refractivity (Wildman–Crippen MR) is 49.5 cm³/mol. The monoisotopic (exact) mass is 182 g/mol. The van der Waals surface area contributed by atoms with Crippen LogP contribution in [0.15, 0.2) is 6.07 Å². The van der Waals surface area contributed by atoms with Crippen molar-refractivity contribution in [2.24, 2.45) is 0 Å². The molecule has 0 bridgehead atoms. The second kappa shape index (κ2) is 3.36. The SMILES string of the molecule is Cc1cc(O)c(C(O)O)c(C)c1C. The van der Waals surface area contributed by atoms with Crippen molar-refractivity contribution >= 4 is 0 Å². The highest BCUT2D eigenvalue weighted by Gasteiger charge is 2.15. The van der Waals surface area contributed by atoms with Crippen molar-refractivity contribution in [1.82, 2.24) is 0 Å². The summed E-state index contributed by atoms with van der Waals surface area (Å²) in [6, 6.07) is 1.54. The van der Waals surface area contributed by atoms with E-state index in [1.165, 1.54) is 6.07 Å². The molecule has 0 fully saturated rings. The van der Waals surface area contributed by atoms with E-state index in [1.807, 2.05) is 13.8 Å². The maximum absolute atomic E-state index is 9.45. The number of aromatic hydroxyl groups is 1. The minimum atomic E-state index is -1.61. The van der Waals surface area contributed by atoms with Gasteiger partial charge in [0.15, 0.2) is 6.29 Å². The topological polar surface area (TPSA) is 60.7 Å². The molecule has 0 radical (unpaired) electrons. The Hall–Kier alpha value is -1.06. The van der Waals surface area contributed by atoms with E-state index < -0.39 is 6.29 Å². The fourth-order valence-electron chi connectivity index (χ4n) is 1.41. The van der Waals surface area contributed by atoms with Gasteiger partial charge >= 0.3 is 0 Å². The Kier molecular flexibility index (Phi) is 2.59. The van der Waals surface area contributed by atoms with Crippen LogP contribution in [0.4, 0.5) is 0 Å². The van der Waals surface area contributed by atoms with Gasteiger partial charge in [-0.1, -0.05) is 0 Å². The van der Waals surface area contributed by atoms with E-state index in [0.29, 0.717) is 0 Å². The molecular formula is C10H14O3. The number of aliphatic hydroxyl groups is 2. The van der Waals surface area contributed by atoms with Crippen LogP contribution in [0.25, 0.3) is 0 Å². The lowest BCUT2D eigenvalue weighted by Gasteiger charge is -2.14. The normalized spacial score (nSPS) is 10.9. The third kappa shape index (κ3) is 1.66. The number of phenols is 1. The van der Waals surface area contributed by atoms with Gasteiger partial charge in [-0.05, 0) is 43.5 Å². The van der Waals surface area contributed by atoms with Gasteiger partial charge in [0.2, 0.25) is 0 Å². The van der Waals surface area contributed by atoms with Crippen molar-refractivity contribution in [2.45, 2.75) is 27.1 Å². The average Bonchev–Trinajstić information content (AvgIpc) is 1.99. The van der Waals surface area contributed by atoms with Gasteiger partial charge < -0.3 is 15.3 Å². The van der Waals surface area contributed by atoms with Crippen molar-refractivity contribution in [3.63, 3.8) is 0 Å². The molecule has 0 saturated carbocycles. The number of benzene rings is 1. The summed E-state index contributed by atoms with van der Waals surface area (Å²) in [7, 11) is 0. The molecule has 1 rings (SSSR count). The van der Waals surface area contributed by atoms with Crippen LogP contribution in [-0.2, 0) is 0 Å². The van der Waals surface area contributed by atoms with Gasteiger partial charge in [0.25, 0.3) is 0 Å². The lowest BCUT2D eigenvalue weighted by molar-refractivity contribution is -0.0443. The molecule has 1 aromatic rings. The number of aliphatic hydroxyl groups excluding tert-OH is 1. The fraction of sp³-hybridized carbons (Fsp3) is 0.400. The summed E-state index contributed by atoms with van der Waals surface area (Å²) in [5.74, 6) is -0.0596. The first-order valence-electron chi connectivity index (χ1n) is 4.11. The van der Waals surface area contributed by atoms with Crippen LogP contribution in [0, 0.1) is 20.8 Å². The largest absolute Gasteiger partial charge is 0.507 e. The summed E-state index contributed by atoms with van der Waals surface area (Å²) < 4.78 is 0. The van der Waals surface area contributed by atoms with Gasteiger partial charge in [-0.2, -0.15) is 0 Å². The molecule has 0 aliphatic heterocycles. The molecular weight excluding hydrogens is 168 g/mol. The molecule has 0 spiro atoms. The number of hydrogen-bond acceptors (Lipinski definition) is 3. The van der Waals surface area contributed by atoms with E-state index in [0.717, 1.165) is 16.7 Å². The molecule has 3 heteroatoms. The first-order chi connectivity index (χ1) is 5.95. The zero-order valence-corrected chi connectivity index (χ0v) is 8.00. The van der Waals surface area contributed by atoms with E-state index >= 15 is 0 Å². The Balaban J connectivity index is 3.44. The summed E-state index contributed by atoms with van der Waals surface area (Å²) in [4.78, 5) is 0. The molecule has 0 aliphatic rings. The highest BCUT2D eigenvalue weighted by molar-refractivity contribution is 5.47. The van der Waals surface area contributed by atoms with E-state index in [9.17, 15) is 5.11 Å². The van der Waals surface area contributed by atoms with E-state index in [-0.39, 0.29) is 11.3 Å². The predicted octanol–water partition coefficient (Wildman–Crippen LogP) is 1.30. The Morgan fingerprint density at radius 3 is 2.08 bits per heavy atom. The molecule has 0 atom stereocenters. The van der Waals surface area contributed by atoms with Crippen LogP contribution < -0.4 is 0 Å². The summed E-state index contributed by atoms with van der Waals surface area (Å²) >= 11 is 0. The molecule has 13 heavy (non-hydrogen) atoms. The van der Waals surface area contributed by atoms with Crippen molar-refractivity contribution < 1.29 is 15.3 Å². The molecule has 0 aromatic heterocycles. The first kappa shape index (κ1) is 10.0. The van der Waals surface area contributed by atoms with Gasteiger partial charge in [0, 0.05) is 0 Å². The Bertz CT molecular complexity index is 329. The van der Waals surface area contributed by atoms with Gasteiger partial charge in [0.05, 0.1) is 5.56 Å². The Morgan fingerprint density at radius 2 is 1.62 bits per heavy atom. The van der Waals surface area contributed by atoms with Crippen molar-refractivity contribution in [2.75, 3.05) is 0 Å². The quantitative estimate of drug-likeness (QED) is 0.574. The number of rotatable bonds is 1. The van der Waals surface area contributed by atoms with Crippen LogP contribution in [0.3, 0.4) is 0 Å². The molecule has 0 amide bonds. The summed E-state index contributed by atoms with van der Waals surface area (Å²) in [5, 5.41) is 27.4. The zero-order chi connectivity index (χ0) is 10.2. The first-order valence-corrected chi connectivity index (χ1v) is 4.11. The van der Waals surface area contributed by atoms with E-state index in [1.54, 1.807) is 6.92 Å². The van der Waals surface area contributed by atoms with Gasteiger partial charge in [-0.15, -0.1) is 0 Å². The third-order valence-electron chi connectivity index (χ3n) is 2.45. The van der Waals surface area contributed by atoms with Gasteiger partial charge in [0.1, 0.15) is 5.75 Å². The Morgan fingerprint density at radius 1 is 1.08 bits per heavy atom. The lowest BCUT2D eigenvalue weighted by atomic mass is 9.97. The molecule has 3 N–H and O–H groups in total. The smallest absolute Gasteiger partial charge is 0.182 e. The minimum Gasteiger partial charge on any atom is -0.507 e. The maximum Gasteiger partial charge on any atom is 0.182 e. The fourth-order valence-corrected chi connectivity index (χ4v) is 1.41. The van der Waals surface area contributed by atoms with Crippen molar-refractivity contribution in [1.29, 1.82) is 0 Å². The zero-order valence-electron chi connectivity index (χ0n) is 8.00. The van der Waals surface area contributed by atoms with Gasteiger partial charge in [-0.3, -0.25) is 0 Å².